The highest BCUT2D eigenvalue weighted by atomic mass is 16.5. The van der Waals surface area contributed by atoms with Crippen LogP contribution in [0.25, 0.3) is 0 Å². The summed E-state index contributed by atoms with van der Waals surface area (Å²) in [7, 11) is 0. The lowest BCUT2D eigenvalue weighted by atomic mass is 10.1. The molecule has 0 radical (unpaired) electrons. The smallest absolute Gasteiger partial charge is 0.262 e. The van der Waals surface area contributed by atoms with Crippen LogP contribution in [0.4, 0.5) is 5.69 Å². The maximum absolute atomic E-state index is 12.2. The number of aryl methyl sites for hydroxylation is 1. The van der Waals surface area contributed by atoms with Crippen molar-refractivity contribution in [3.8, 4) is 5.75 Å². The number of ether oxygens (including phenoxy) is 1. The van der Waals surface area contributed by atoms with Gasteiger partial charge in [-0.1, -0.05) is 30.3 Å². The number of nitrogens with one attached hydrogen (secondary N) is 2. The van der Waals surface area contributed by atoms with Crippen LogP contribution >= 0.6 is 0 Å². The van der Waals surface area contributed by atoms with Crippen LogP contribution < -0.4 is 15.4 Å². The number of benzene rings is 2. The number of anilines is 1. The second-order valence-corrected chi connectivity index (χ2v) is 5.39. The lowest BCUT2D eigenvalue weighted by Crippen LogP contribution is -2.27. The van der Waals surface area contributed by atoms with E-state index in [0.29, 0.717) is 23.5 Å². The molecule has 2 N–H and O–H groups in total. The van der Waals surface area contributed by atoms with Crippen LogP contribution in [0.3, 0.4) is 0 Å². The zero-order valence-corrected chi connectivity index (χ0v) is 12.7. The van der Waals surface area contributed by atoms with Crippen LogP contribution in [0.1, 0.15) is 22.3 Å². The molecule has 0 spiro atoms. The Morgan fingerprint density at radius 3 is 2.83 bits per heavy atom. The predicted molar refractivity (Wildman–Crippen MR) is 87.7 cm³/mol. The zero-order valence-electron chi connectivity index (χ0n) is 12.7. The van der Waals surface area contributed by atoms with Gasteiger partial charge >= 0.3 is 0 Å². The number of carbonyl (C=O) groups is 2. The van der Waals surface area contributed by atoms with Crippen LogP contribution in [-0.4, -0.2) is 25.0 Å². The van der Waals surface area contributed by atoms with E-state index in [-0.39, 0.29) is 18.4 Å². The van der Waals surface area contributed by atoms with Gasteiger partial charge in [0.1, 0.15) is 5.75 Å². The lowest BCUT2D eigenvalue weighted by Gasteiger charge is -2.18. The third-order valence-electron chi connectivity index (χ3n) is 3.65. The highest BCUT2D eigenvalue weighted by Gasteiger charge is 2.17. The Morgan fingerprint density at radius 2 is 2.00 bits per heavy atom. The van der Waals surface area contributed by atoms with Crippen LogP contribution in [0.5, 0.6) is 5.75 Å². The van der Waals surface area contributed by atoms with Crippen LogP contribution in [0.15, 0.2) is 48.5 Å². The van der Waals surface area contributed by atoms with Gasteiger partial charge in [-0.25, -0.2) is 0 Å². The summed E-state index contributed by atoms with van der Waals surface area (Å²) in [5, 5.41) is 5.59. The van der Waals surface area contributed by atoms with Gasteiger partial charge in [0, 0.05) is 12.1 Å². The second-order valence-electron chi connectivity index (χ2n) is 5.39. The first-order chi connectivity index (χ1) is 11.2. The van der Waals surface area contributed by atoms with Crippen molar-refractivity contribution in [3.05, 3.63) is 59.7 Å². The van der Waals surface area contributed by atoms with Gasteiger partial charge in [0.25, 0.3) is 11.8 Å². The van der Waals surface area contributed by atoms with Gasteiger partial charge in [0.15, 0.2) is 6.61 Å². The van der Waals surface area contributed by atoms with Gasteiger partial charge in [-0.2, -0.15) is 0 Å². The topological polar surface area (TPSA) is 67.4 Å². The van der Waals surface area contributed by atoms with E-state index in [9.17, 15) is 9.59 Å². The van der Waals surface area contributed by atoms with Crippen molar-refractivity contribution in [2.45, 2.75) is 12.8 Å². The molecule has 2 amide bonds. The van der Waals surface area contributed by atoms with Gasteiger partial charge in [-0.3, -0.25) is 9.59 Å². The first kappa shape index (κ1) is 15.1. The van der Waals surface area contributed by atoms with Gasteiger partial charge in [0.2, 0.25) is 0 Å². The monoisotopic (exact) mass is 310 g/mol. The normalized spacial score (nSPS) is 12.8. The quantitative estimate of drug-likeness (QED) is 0.833. The van der Waals surface area contributed by atoms with E-state index in [0.717, 1.165) is 12.8 Å². The lowest BCUT2D eigenvalue weighted by molar-refractivity contribution is -0.118. The maximum Gasteiger partial charge on any atom is 0.262 e. The van der Waals surface area contributed by atoms with E-state index >= 15 is 0 Å². The van der Waals surface area contributed by atoms with Gasteiger partial charge in [0.05, 0.1) is 5.69 Å². The molecule has 118 valence electrons. The standard InChI is InChI=1S/C18H18N2O3/c21-17-12-23-16-9-8-14(11-15(16)20-17)18(22)19-10-4-7-13-5-2-1-3-6-13/h1-3,5-6,8-9,11H,4,7,10,12H2,(H,19,22)(H,20,21). The molecule has 0 aliphatic carbocycles. The minimum Gasteiger partial charge on any atom is -0.482 e. The summed E-state index contributed by atoms with van der Waals surface area (Å²) in [6, 6.07) is 15.2. The molecule has 5 heteroatoms. The molecule has 23 heavy (non-hydrogen) atoms. The van der Waals surface area contributed by atoms with Crippen molar-refractivity contribution in [3.63, 3.8) is 0 Å². The average Bonchev–Trinajstić information content (AvgIpc) is 2.58. The molecule has 0 unspecified atom stereocenters. The Kier molecular flexibility index (Phi) is 4.57. The van der Waals surface area contributed by atoms with Crippen LogP contribution in [0.2, 0.25) is 0 Å². The molecule has 0 bridgehead atoms. The fraction of sp³-hybridized carbons (Fsp3) is 0.222. The molecule has 2 aromatic rings. The third-order valence-corrected chi connectivity index (χ3v) is 3.65. The molecule has 1 aliphatic rings. The predicted octanol–water partition coefficient (Wildman–Crippen LogP) is 2.38. The van der Waals surface area contributed by atoms with Crippen molar-refractivity contribution in [2.75, 3.05) is 18.5 Å². The number of hydrogen-bond donors (Lipinski definition) is 2. The van der Waals surface area contributed by atoms with Crippen molar-refractivity contribution < 1.29 is 14.3 Å². The van der Waals surface area contributed by atoms with Crippen LogP contribution in [0, 0.1) is 0 Å². The highest BCUT2D eigenvalue weighted by Crippen LogP contribution is 2.28. The number of carbonyl (C=O) groups excluding carboxylic acids is 2. The van der Waals surface area contributed by atoms with E-state index in [1.807, 2.05) is 18.2 Å². The summed E-state index contributed by atoms with van der Waals surface area (Å²) >= 11 is 0. The first-order valence-electron chi connectivity index (χ1n) is 7.61. The molecule has 2 aromatic carbocycles. The van der Waals surface area contributed by atoms with Gasteiger partial charge in [-0.15, -0.1) is 0 Å². The van der Waals surface area contributed by atoms with E-state index in [1.54, 1.807) is 18.2 Å². The SMILES string of the molecule is O=C1COc2ccc(C(=O)NCCCc3ccccc3)cc2N1. The summed E-state index contributed by atoms with van der Waals surface area (Å²) < 4.78 is 5.27. The summed E-state index contributed by atoms with van der Waals surface area (Å²) in [5.74, 6) is 0.226. The minimum absolute atomic E-state index is 0.0119. The Balaban J connectivity index is 1.52. The minimum atomic E-state index is -0.210. The van der Waals surface area contributed by atoms with Crippen molar-refractivity contribution >= 4 is 17.5 Å². The van der Waals surface area contributed by atoms with E-state index in [1.165, 1.54) is 5.56 Å². The molecule has 0 fully saturated rings. The largest absolute Gasteiger partial charge is 0.482 e. The summed E-state index contributed by atoms with van der Waals surface area (Å²) in [6.07, 6.45) is 1.80. The summed E-state index contributed by atoms with van der Waals surface area (Å²) in [4.78, 5) is 23.5. The molecule has 1 heterocycles. The number of amides is 2. The average molecular weight is 310 g/mol. The molecule has 0 aromatic heterocycles. The fourth-order valence-electron chi connectivity index (χ4n) is 2.47. The van der Waals surface area contributed by atoms with Gasteiger partial charge < -0.3 is 15.4 Å². The molecule has 0 saturated carbocycles. The number of rotatable bonds is 5. The van der Waals surface area contributed by atoms with Crippen LogP contribution in [-0.2, 0) is 11.2 Å². The number of hydrogen-bond acceptors (Lipinski definition) is 3. The Bertz CT molecular complexity index is 713. The van der Waals surface area contributed by atoms with Crippen molar-refractivity contribution in [1.29, 1.82) is 0 Å². The highest BCUT2D eigenvalue weighted by molar-refractivity contribution is 5.99. The molecule has 0 atom stereocenters. The Morgan fingerprint density at radius 1 is 1.17 bits per heavy atom. The molecular formula is C18H18N2O3. The van der Waals surface area contributed by atoms with E-state index in [2.05, 4.69) is 22.8 Å². The summed E-state index contributed by atoms with van der Waals surface area (Å²) in [5.41, 5.74) is 2.31. The van der Waals surface area contributed by atoms with E-state index < -0.39 is 0 Å². The Hall–Kier alpha value is -2.82. The van der Waals surface area contributed by atoms with Gasteiger partial charge in [-0.05, 0) is 36.6 Å². The van der Waals surface area contributed by atoms with Crippen molar-refractivity contribution in [2.24, 2.45) is 0 Å². The number of fused-ring (bicyclic) bond motifs is 1. The fourth-order valence-corrected chi connectivity index (χ4v) is 2.47. The van der Waals surface area contributed by atoms with Crippen molar-refractivity contribution in [1.82, 2.24) is 5.32 Å². The van der Waals surface area contributed by atoms with E-state index in [4.69, 9.17) is 4.74 Å². The second kappa shape index (κ2) is 6.96. The summed E-state index contributed by atoms with van der Waals surface area (Å²) in [6.45, 7) is 0.617. The first-order valence-corrected chi connectivity index (χ1v) is 7.61. The third kappa shape index (κ3) is 3.88. The molecule has 0 saturated heterocycles. The Labute approximate surface area is 134 Å². The molecule has 5 nitrogen and oxygen atoms in total. The molecule has 3 rings (SSSR count). The molecular weight excluding hydrogens is 292 g/mol. The molecule has 1 aliphatic heterocycles. The zero-order chi connectivity index (χ0) is 16.1. The maximum atomic E-state index is 12.2.